The number of urea groups is 1. The molecule has 1 N–H and O–H groups in total. The molecule has 27 heavy (non-hydrogen) atoms. The predicted molar refractivity (Wildman–Crippen MR) is 113 cm³/mol. The molecular formula is C18H23Cl3N4O2. The highest BCUT2D eigenvalue weighted by Gasteiger charge is 2.29. The number of likely N-dealkylation sites (N-methyl/N-ethyl adjacent to an activating group) is 1. The number of nitrogens with zero attached hydrogens (tertiary/aromatic N) is 3. The first kappa shape index (κ1) is 23.3. The summed E-state index contributed by atoms with van der Waals surface area (Å²) in [6.07, 6.45) is 3.37. The molecule has 6 nitrogen and oxygen atoms in total. The first-order valence-corrected chi connectivity index (χ1v) is 8.54. The number of hydrogen-bond acceptors (Lipinski definition) is 4. The van der Waals surface area contributed by atoms with Crippen molar-refractivity contribution >= 4 is 48.1 Å². The molecule has 1 aromatic heterocycles. The van der Waals surface area contributed by atoms with Gasteiger partial charge < -0.3 is 19.9 Å². The molecule has 0 spiro atoms. The average molecular weight is 434 g/mol. The summed E-state index contributed by atoms with van der Waals surface area (Å²) in [5.41, 5.74) is 0.722. The lowest BCUT2D eigenvalue weighted by Gasteiger charge is -2.39. The summed E-state index contributed by atoms with van der Waals surface area (Å²) in [6, 6.07) is 10.6. The van der Waals surface area contributed by atoms with E-state index in [0.29, 0.717) is 23.9 Å². The quantitative estimate of drug-likeness (QED) is 0.797. The summed E-state index contributed by atoms with van der Waals surface area (Å²) in [6.45, 7) is 2.66. The van der Waals surface area contributed by atoms with Crippen LogP contribution in [0, 0.1) is 0 Å². The number of nitrogens with one attached hydrogen (secondary N) is 1. The number of halogens is 3. The van der Waals surface area contributed by atoms with Crippen molar-refractivity contribution in [2.45, 2.75) is 6.04 Å². The molecule has 0 saturated carbocycles. The zero-order chi connectivity index (χ0) is 17.6. The highest BCUT2D eigenvalue weighted by atomic mass is 35.5. The van der Waals surface area contributed by atoms with Crippen LogP contribution in [0.1, 0.15) is 0 Å². The van der Waals surface area contributed by atoms with Crippen LogP contribution in [0.2, 0.25) is 5.02 Å². The molecule has 0 radical (unpaired) electrons. The van der Waals surface area contributed by atoms with Crippen LogP contribution in [0.25, 0.3) is 0 Å². The average Bonchev–Trinajstić information content (AvgIpc) is 2.63. The van der Waals surface area contributed by atoms with E-state index in [4.69, 9.17) is 16.3 Å². The molecule has 1 aliphatic rings. The van der Waals surface area contributed by atoms with Gasteiger partial charge in [-0.2, -0.15) is 0 Å². The monoisotopic (exact) mass is 432 g/mol. The van der Waals surface area contributed by atoms with Crippen LogP contribution in [0.15, 0.2) is 48.8 Å². The summed E-state index contributed by atoms with van der Waals surface area (Å²) < 4.78 is 5.81. The molecule has 148 valence electrons. The molecule has 1 aromatic carbocycles. The number of hydrogen-bond donors (Lipinski definition) is 1. The van der Waals surface area contributed by atoms with Crippen LogP contribution in [0.4, 0.5) is 10.5 Å². The fourth-order valence-electron chi connectivity index (χ4n) is 2.77. The molecule has 1 aliphatic heterocycles. The molecule has 0 aliphatic carbocycles. The number of piperazine rings is 1. The van der Waals surface area contributed by atoms with E-state index in [2.05, 4.69) is 15.2 Å². The first-order valence-electron chi connectivity index (χ1n) is 8.16. The van der Waals surface area contributed by atoms with E-state index in [0.717, 1.165) is 18.8 Å². The number of ether oxygens (including phenoxy) is 1. The van der Waals surface area contributed by atoms with Crippen LogP contribution in [0.3, 0.4) is 0 Å². The Balaban J connectivity index is 0.00000182. The van der Waals surface area contributed by atoms with Crippen molar-refractivity contribution in [3.63, 3.8) is 0 Å². The van der Waals surface area contributed by atoms with E-state index in [1.54, 1.807) is 36.7 Å². The number of rotatable bonds is 4. The van der Waals surface area contributed by atoms with Crippen LogP contribution < -0.4 is 10.1 Å². The van der Waals surface area contributed by atoms with Crippen molar-refractivity contribution in [1.82, 2.24) is 14.8 Å². The zero-order valence-electron chi connectivity index (χ0n) is 14.9. The number of carbonyl (C=O) groups is 1. The van der Waals surface area contributed by atoms with Crippen molar-refractivity contribution in [3.05, 3.63) is 53.8 Å². The van der Waals surface area contributed by atoms with Gasteiger partial charge in [-0.15, -0.1) is 24.8 Å². The maximum atomic E-state index is 12.7. The van der Waals surface area contributed by atoms with Crippen molar-refractivity contribution < 1.29 is 9.53 Å². The first-order chi connectivity index (χ1) is 12.1. The van der Waals surface area contributed by atoms with Crippen LogP contribution >= 0.6 is 36.4 Å². The van der Waals surface area contributed by atoms with E-state index >= 15 is 0 Å². The van der Waals surface area contributed by atoms with E-state index in [9.17, 15) is 4.79 Å². The molecule has 1 saturated heterocycles. The number of benzene rings is 1. The molecule has 3 rings (SSSR count). The third-order valence-electron chi connectivity index (χ3n) is 4.12. The van der Waals surface area contributed by atoms with Gasteiger partial charge in [-0.1, -0.05) is 11.6 Å². The van der Waals surface area contributed by atoms with E-state index in [1.165, 1.54) is 0 Å². The van der Waals surface area contributed by atoms with E-state index in [1.807, 2.05) is 24.1 Å². The molecule has 1 unspecified atom stereocenters. The Morgan fingerprint density at radius 2 is 2.00 bits per heavy atom. The van der Waals surface area contributed by atoms with Gasteiger partial charge in [0.25, 0.3) is 0 Å². The van der Waals surface area contributed by atoms with Crippen LogP contribution in [-0.2, 0) is 0 Å². The van der Waals surface area contributed by atoms with E-state index < -0.39 is 0 Å². The molecule has 2 aromatic rings. The Hall–Kier alpha value is -1.73. The summed E-state index contributed by atoms with van der Waals surface area (Å²) >= 11 is 5.89. The third kappa shape index (κ3) is 6.74. The van der Waals surface area contributed by atoms with Crippen LogP contribution in [0.5, 0.6) is 5.75 Å². The second kappa shape index (κ2) is 11.2. The zero-order valence-corrected chi connectivity index (χ0v) is 17.3. The summed E-state index contributed by atoms with van der Waals surface area (Å²) in [7, 11) is 2.05. The molecule has 2 heterocycles. The van der Waals surface area contributed by atoms with Gasteiger partial charge in [0.05, 0.1) is 12.2 Å². The largest absolute Gasteiger partial charge is 0.490 e. The third-order valence-corrected chi connectivity index (χ3v) is 4.37. The van der Waals surface area contributed by atoms with Gasteiger partial charge in [0, 0.05) is 36.5 Å². The van der Waals surface area contributed by atoms with Crippen molar-refractivity contribution in [1.29, 1.82) is 0 Å². The number of aromatic nitrogens is 1. The molecule has 1 fully saturated rings. The highest BCUT2D eigenvalue weighted by Crippen LogP contribution is 2.17. The lowest BCUT2D eigenvalue weighted by molar-refractivity contribution is 0.0847. The molecule has 2 amide bonds. The van der Waals surface area contributed by atoms with Gasteiger partial charge in [-0.05, 0) is 43.4 Å². The van der Waals surface area contributed by atoms with Gasteiger partial charge in [0.15, 0.2) is 0 Å². The number of amides is 2. The lowest BCUT2D eigenvalue weighted by Crippen LogP contribution is -2.57. The fourth-order valence-corrected chi connectivity index (χ4v) is 2.90. The number of anilines is 1. The highest BCUT2D eigenvalue weighted by molar-refractivity contribution is 6.30. The van der Waals surface area contributed by atoms with Gasteiger partial charge in [0.1, 0.15) is 12.4 Å². The van der Waals surface area contributed by atoms with Crippen molar-refractivity contribution in [2.24, 2.45) is 0 Å². The normalized spacial score (nSPS) is 16.7. The topological polar surface area (TPSA) is 57.7 Å². The van der Waals surface area contributed by atoms with Crippen LogP contribution in [-0.4, -0.2) is 60.1 Å². The Bertz CT molecular complexity index is 704. The number of pyridine rings is 1. The second-order valence-corrected chi connectivity index (χ2v) is 6.48. The SMILES string of the molecule is CN1CCN(C(=O)Nc2ccc(Cl)cc2)C(COc2cccnc2)C1.Cl.Cl. The van der Waals surface area contributed by atoms with Gasteiger partial charge in [-0.25, -0.2) is 4.79 Å². The fraction of sp³-hybridized carbons (Fsp3) is 0.333. The minimum atomic E-state index is -0.129. The van der Waals surface area contributed by atoms with E-state index in [-0.39, 0.29) is 36.9 Å². The van der Waals surface area contributed by atoms with Crippen molar-refractivity contribution in [2.75, 3.05) is 38.6 Å². The smallest absolute Gasteiger partial charge is 0.322 e. The Kier molecular flexibility index (Phi) is 9.66. The molecule has 9 heteroatoms. The maximum absolute atomic E-state index is 12.7. The number of carbonyl (C=O) groups excluding carboxylic acids is 1. The summed E-state index contributed by atoms with van der Waals surface area (Å²) in [5, 5.41) is 3.56. The Morgan fingerprint density at radius 3 is 2.67 bits per heavy atom. The minimum Gasteiger partial charge on any atom is -0.490 e. The lowest BCUT2D eigenvalue weighted by atomic mass is 10.2. The standard InChI is InChI=1S/C18H21ClN4O2.2ClH/c1-22-9-10-23(18(24)21-15-6-4-14(19)5-7-15)16(12-22)13-25-17-3-2-8-20-11-17;;/h2-8,11,16H,9-10,12-13H2,1H3,(H,21,24);2*1H. The molecule has 1 atom stereocenters. The summed E-state index contributed by atoms with van der Waals surface area (Å²) in [4.78, 5) is 20.7. The Morgan fingerprint density at radius 1 is 1.26 bits per heavy atom. The summed E-state index contributed by atoms with van der Waals surface area (Å²) in [5.74, 6) is 0.703. The van der Waals surface area contributed by atoms with Crippen molar-refractivity contribution in [3.8, 4) is 5.75 Å². The molecule has 0 bridgehead atoms. The van der Waals surface area contributed by atoms with Gasteiger partial charge in [0.2, 0.25) is 0 Å². The Labute approximate surface area is 176 Å². The van der Waals surface area contributed by atoms with Gasteiger partial charge in [-0.3, -0.25) is 4.98 Å². The van der Waals surface area contributed by atoms with Gasteiger partial charge >= 0.3 is 6.03 Å². The predicted octanol–water partition coefficient (Wildman–Crippen LogP) is 3.81. The molecular weight excluding hydrogens is 411 g/mol. The minimum absolute atomic E-state index is 0. The second-order valence-electron chi connectivity index (χ2n) is 6.05. The maximum Gasteiger partial charge on any atom is 0.322 e.